The van der Waals surface area contributed by atoms with Gasteiger partial charge in [-0.15, -0.1) is 0 Å². The van der Waals surface area contributed by atoms with E-state index in [1.165, 1.54) is 4.68 Å². The molecule has 5 nitrogen and oxygen atoms in total. The smallest absolute Gasteiger partial charge is 0.268 e. The highest BCUT2D eigenvalue weighted by Crippen LogP contribution is 1.96. The summed E-state index contributed by atoms with van der Waals surface area (Å²) in [7, 11) is 1.77. The van der Waals surface area contributed by atoms with Crippen LogP contribution >= 0.6 is 0 Å². The predicted octanol–water partition coefficient (Wildman–Crippen LogP) is 0.627. The number of rotatable bonds is 6. The number of nitrogens with zero attached hydrogens (tertiary/aromatic N) is 3. The average Bonchev–Trinajstić information content (AvgIpc) is 2.32. The Balaban J connectivity index is 2.64. The van der Waals surface area contributed by atoms with Crippen molar-refractivity contribution in [2.45, 2.75) is 20.4 Å². The van der Waals surface area contributed by atoms with Crippen molar-refractivity contribution in [2.24, 2.45) is 0 Å². The molecule has 0 aliphatic carbocycles. The summed E-state index contributed by atoms with van der Waals surface area (Å²) in [5.74, 6) is 0. The van der Waals surface area contributed by atoms with E-state index in [2.05, 4.69) is 29.2 Å². The van der Waals surface area contributed by atoms with Gasteiger partial charge in [0.25, 0.3) is 5.56 Å². The van der Waals surface area contributed by atoms with E-state index in [4.69, 9.17) is 0 Å². The second kappa shape index (κ2) is 6.27. The van der Waals surface area contributed by atoms with Gasteiger partial charge in [0.15, 0.2) is 0 Å². The van der Waals surface area contributed by atoms with E-state index in [9.17, 15) is 4.79 Å². The van der Waals surface area contributed by atoms with Gasteiger partial charge in [0.05, 0.1) is 18.4 Å². The molecule has 5 heteroatoms. The van der Waals surface area contributed by atoms with Crippen LogP contribution in [0, 0.1) is 0 Å². The summed E-state index contributed by atoms with van der Waals surface area (Å²) in [6.07, 6.45) is 1.67. The molecule has 1 N–H and O–H groups in total. The van der Waals surface area contributed by atoms with Gasteiger partial charge in [0.2, 0.25) is 0 Å². The SMILES string of the molecule is CCN(CC)CCn1ncc(NC)cc1=O. The molecule has 1 heterocycles. The fourth-order valence-electron chi connectivity index (χ4n) is 1.51. The number of hydrogen-bond donors (Lipinski definition) is 1. The standard InChI is InChI=1S/C11H20N4O/c1-4-14(5-2)6-7-15-11(16)8-10(12-3)9-13-15/h8-9,12H,4-7H2,1-3H3. The Kier molecular flexibility index (Phi) is 4.98. The molecule has 0 unspecified atom stereocenters. The molecule has 0 bridgehead atoms. The largest absolute Gasteiger partial charge is 0.387 e. The second-order valence-corrected chi connectivity index (χ2v) is 3.58. The first kappa shape index (κ1) is 12.7. The highest BCUT2D eigenvalue weighted by Gasteiger charge is 2.02. The van der Waals surface area contributed by atoms with Gasteiger partial charge in [-0.2, -0.15) is 5.10 Å². The molecule has 1 aromatic rings. The maximum atomic E-state index is 11.6. The van der Waals surface area contributed by atoms with Gasteiger partial charge in [-0.05, 0) is 13.1 Å². The molecule has 0 saturated heterocycles. The molecule has 0 radical (unpaired) electrons. The van der Waals surface area contributed by atoms with E-state index in [1.807, 2.05) is 0 Å². The first-order chi connectivity index (χ1) is 7.71. The maximum Gasteiger partial charge on any atom is 0.268 e. The highest BCUT2D eigenvalue weighted by molar-refractivity contribution is 5.37. The molecular formula is C11H20N4O. The summed E-state index contributed by atoms with van der Waals surface area (Å²) in [5, 5.41) is 7.00. The summed E-state index contributed by atoms with van der Waals surface area (Å²) in [6, 6.07) is 1.56. The first-order valence-corrected chi connectivity index (χ1v) is 5.68. The van der Waals surface area contributed by atoms with Crippen molar-refractivity contribution in [3.8, 4) is 0 Å². The van der Waals surface area contributed by atoms with Gasteiger partial charge in [-0.25, -0.2) is 4.68 Å². The Labute approximate surface area is 96.1 Å². The van der Waals surface area contributed by atoms with E-state index >= 15 is 0 Å². The van der Waals surface area contributed by atoms with Gasteiger partial charge in [-0.3, -0.25) is 4.79 Å². The summed E-state index contributed by atoms with van der Waals surface area (Å²) < 4.78 is 1.50. The van der Waals surface area contributed by atoms with E-state index in [-0.39, 0.29) is 5.56 Å². The van der Waals surface area contributed by atoms with E-state index in [0.717, 1.165) is 25.3 Å². The van der Waals surface area contributed by atoms with Crippen molar-refractivity contribution in [2.75, 3.05) is 32.0 Å². The molecule has 0 saturated carbocycles. The maximum absolute atomic E-state index is 11.6. The van der Waals surface area contributed by atoms with Crippen molar-refractivity contribution >= 4 is 5.69 Å². The fourth-order valence-corrected chi connectivity index (χ4v) is 1.51. The topological polar surface area (TPSA) is 50.2 Å². The molecule has 0 aliphatic rings. The molecule has 90 valence electrons. The van der Waals surface area contributed by atoms with E-state index in [1.54, 1.807) is 19.3 Å². The molecule has 1 aromatic heterocycles. The van der Waals surface area contributed by atoms with Gasteiger partial charge >= 0.3 is 0 Å². The number of nitrogens with one attached hydrogen (secondary N) is 1. The minimum atomic E-state index is -0.0565. The third-order valence-electron chi connectivity index (χ3n) is 2.68. The van der Waals surface area contributed by atoms with Crippen LogP contribution in [-0.4, -0.2) is 41.4 Å². The lowest BCUT2D eigenvalue weighted by Crippen LogP contribution is -2.31. The Hall–Kier alpha value is -1.36. The van der Waals surface area contributed by atoms with Gasteiger partial charge in [0, 0.05) is 19.7 Å². The lowest BCUT2D eigenvalue weighted by atomic mass is 10.4. The normalized spacial score (nSPS) is 10.8. The van der Waals surface area contributed by atoms with Crippen LogP contribution in [0.25, 0.3) is 0 Å². The number of likely N-dealkylation sites (N-methyl/N-ethyl adjacent to an activating group) is 1. The molecule has 0 amide bonds. The van der Waals surface area contributed by atoms with Crippen molar-refractivity contribution in [1.82, 2.24) is 14.7 Å². The van der Waals surface area contributed by atoms with Crippen LogP contribution in [0.2, 0.25) is 0 Å². The van der Waals surface area contributed by atoms with Crippen LogP contribution in [0.15, 0.2) is 17.1 Å². The molecule has 16 heavy (non-hydrogen) atoms. The average molecular weight is 224 g/mol. The molecular weight excluding hydrogens is 204 g/mol. The summed E-state index contributed by atoms with van der Waals surface area (Å²) >= 11 is 0. The second-order valence-electron chi connectivity index (χ2n) is 3.58. The van der Waals surface area contributed by atoms with Crippen LogP contribution in [0.4, 0.5) is 5.69 Å². The zero-order chi connectivity index (χ0) is 12.0. The van der Waals surface area contributed by atoms with Crippen LogP contribution in [0.3, 0.4) is 0 Å². The van der Waals surface area contributed by atoms with Crippen LogP contribution in [0.1, 0.15) is 13.8 Å². The Morgan fingerprint density at radius 3 is 2.62 bits per heavy atom. The quantitative estimate of drug-likeness (QED) is 0.770. The van der Waals surface area contributed by atoms with Crippen molar-refractivity contribution in [1.29, 1.82) is 0 Å². The Morgan fingerprint density at radius 1 is 1.44 bits per heavy atom. The van der Waals surface area contributed by atoms with Crippen LogP contribution < -0.4 is 10.9 Å². The van der Waals surface area contributed by atoms with E-state index < -0.39 is 0 Å². The monoisotopic (exact) mass is 224 g/mol. The predicted molar refractivity (Wildman–Crippen MR) is 65.8 cm³/mol. The van der Waals surface area contributed by atoms with Gasteiger partial charge < -0.3 is 10.2 Å². The van der Waals surface area contributed by atoms with Crippen LogP contribution in [0.5, 0.6) is 0 Å². The summed E-state index contributed by atoms with van der Waals surface area (Å²) in [5.41, 5.74) is 0.697. The van der Waals surface area contributed by atoms with Gasteiger partial charge in [0.1, 0.15) is 0 Å². The molecule has 0 aliphatic heterocycles. The minimum Gasteiger partial charge on any atom is -0.387 e. The molecule has 0 aromatic carbocycles. The highest BCUT2D eigenvalue weighted by atomic mass is 16.1. The molecule has 0 fully saturated rings. The summed E-state index contributed by atoms with van der Waals surface area (Å²) in [6.45, 7) is 7.73. The Bertz CT molecular complexity index is 370. The third-order valence-corrected chi connectivity index (χ3v) is 2.68. The number of anilines is 1. The molecule has 0 atom stereocenters. The van der Waals surface area contributed by atoms with Gasteiger partial charge in [-0.1, -0.05) is 13.8 Å². The Morgan fingerprint density at radius 2 is 2.12 bits per heavy atom. The zero-order valence-electron chi connectivity index (χ0n) is 10.2. The molecule has 0 spiro atoms. The first-order valence-electron chi connectivity index (χ1n) is 5.68. The van der Waals surface area contributed by atoms with Crippen LogP contribution in [-0.2, 0) is 6.54 Å². The number of aromatic nitrogens is 2. The summed E-state index contributed by atoms with van der Waals surface area (Å²) in [4.78, 5) is 13.9. The lowest BCUT2D eigenvalue weighted by molar-refractivity contribution is 0.282. The third kappa shape index (κ3) is 3.34. The van der Waals surface area contributed by atoms with E-state index in [0.29, 0.717) is 6.54 Å². The lowest BCUT2D eigenvalue weighted by Gasteiger charge is -2.17. The van der Waals surface area contributed by atoms with Crippen molar-refractivity contribution in [3.05, 3.63) is 22.6 Å². The fraction of sp³-hybridized carbons (Fsp3) is 0.636. The molecule has 1 rings (SSSR count). The minimum absolute atomic E-state index is 0.0565. The van der Waals surface area contributed by atoms with Crippen molar-refractivity contribution < 1.29 is 0 Å². The zero-order valence-corrected chi connectivity index (χ0v) is 10.2. The van der Waals surface area contributed by atoms with Crippen molar-refractivity contribution in [3.63, 3.8) is 0 Å². The number of hydrogen-bond acceptors (Lipinski definition) is 4.